The van der Waals surface area contributed by atoms with Crippen LogP contribution in [0.2, 0.25) is 0 Å². The van der Waals surface area contributed by atoms with Gasteiger partial charge in [0.1, 0.15) is 5.82 Å². The van der Waals surface area contributed by atoms with Crippen molar-refractivity contribution in [2.75, 3.05) is 0 Å². The van der Waals surface area contributed by atoms with Gasteiger partial charge in [-0.3, -0.25) is 0 Å². The second-order valence-corrected chi connectivity index (χ2v) is 5.29. The Balaban J connectivity index is 1.93. The molecule has 0 aliphatic heterocycles. The molecule has 0 aromatic heterocycles. The second kappa shape index (κ2) is 6.68. The fourth-order valence-electron chi connectivity index (χ4n) is 2.73. The summed E-state index contributed by atoms with van der Waals surface area (Å²) in [5, 5.41) is 8.82. The molecule has 1 fully saturated rings. The van der Waals surface area contributed by atoms with E-state index in [0.29, 0.717) is 11.1 Å². The van der Waals surface area contributed by atoms with Gasteiger partial charge in [0.05, 0.1) is 24.3 Å². The second-order valence-electron chi connectivity index (χ2n) is 5.29. The zero-order valence-corrected chi connectivity index (χ0v) is 11.4. The molecule has 2 rings (SSSR count). The summed E-state index contributed by atoms with van der Waals surface area (Å²) in [7, 11) is 0. The molecule has 1 aliphatic carbocycles. The van der Waals surface area contributed by atoms with E-state index >= 15 is 0 Å². The Hall–Kier alpha value is -1.40. The van der Waals surface area contributed by atoms with Gasteiger partial charge in [0.25, 0.3) is 0 Å². The number of hydrogen-bond acceptors (Lipinski definition) is 2. The van der Waals surface area contributed by atoms with Crippen LogP contribution < -0.4 is 0 Å². The van der Waals surface area contributed by atoms with E-state index in [1.807, 2.05) is 6.07 Å². The van der Waals surface area contributed by atoms with Gasteiger partial charge in [0.15, 0.2) is 0 Å². The molecule has 2 unspecified atom stereocenters. The summed E-state index contributed by atoms with van der Waals surface area (Å²) in [4.78, 5) is 0. The van der Waals surface area contributed by atoms with Gasteiger partial charge in [-0.25, -0.2) is 4.39 Å². The lowest BCUT2D eigenvalue weighted by Crippen LogP contribution is -2.22. The Morgan fingerprint density at radius 1 is 1.42 bits per heavy atom. The molecule has 0 spiro atoms. The maximum absolute atomic E-state index is 13.6. The highest BCUT2D eigenvalue weighted by Crippen LogP contribution is 2.29. The molecule has 0 radical (unpaired) electrons. The molecule has 19 heavy (non-hydrogen) atoms. The van der Waals surface area contributed by atoms with E-state index in [0.717, 1.165) is 18.8 Å². The van der Waals surface area contributed by atoms with Crippen molar-refractivity contribution in [3.63, 3.8) is 0 Å². The van der Waals surface area contributed by atoms with Crippen LogP contribution >= 0.6 is 0 Å². The molecule has 0 N–H and O–H groups in total. The van der Waals surface area contributed by atoms with Gasteiger partial charge in [0, 0.05) is 5.56 Å². The Labute approximate surface area is 114 Å². The van der Waals surface area contributed by atoms with Gasteiger partial charge in [-0.1, -0.05) is 26.2 Å². The number of nitriles is 1. The average Bonchev–Trinajstić information content (AvgIpc) is 2.46. The number of nitrogens with zero attached hydrogens (tertiary/aromatic N) is 1. The maximum atomic E-state index is 13.6. The van der Waals surface area contributed by atoms with Crippen molar-refractivity contribution < 1.29 is 9.13 Å². The van der Waals surface area contributed by atoms with E-state index < -0.39 is 0 Å². The molecule has 1 aliphatic rings. The van der Waals surface area contributed by atoms with Crippen molar-refractivity contribution in [1.82, 2.24) is 0 Å². The SMILES string of the molecule is CCC1CCCC(OCc2cc(C#N)ccc2F)C1. The Kier molecular flexibility index (Phi) is 4.93. The van der Waals surface area contributed by atoms with Crippen molar-refractivity contribution in [2.45, 2.75) is 51.7 Å². The normalized spacial score (nSPS) is 23.0. The lowest BCUT2D eigenvalue weighted by molar-refractivity contribution is 0.000655. The largest absolute Gasteiger partial charge is 0.373 e. The molecule has 1 aromatic carbocycles. The minimum Gasteiger partial charge on any atom is -0.373 e. The predicted molar refractivity (Wildman–Crippen MR) is 71.9 cm³/mol. The molecule has 2 atom stereocenters. The minimum absolute atomic E-state index is 0.240. The van der Waals surface area contributed by atoms with E-state index in [2.05, 4.69) is 6.92 Å². The molecule has 2 nitrogen and oxygen atoms in total. The van der Waals surface area contributed by atoms with Gasteiger partial charge in [-0.05, 0) is 37.0 Å². The molecule has 0 saturated heterocycles. The average molecular weight is 261 g/mol. The fraction of sp³-hybridized carbons (Fsp3) is 0.562. The van der Waals surface area contributed by atoms with Crippen molar-refractivity contribution in [1.29, 1.82) is 5.26 Å². The van der Waals surface area contributed by atoms with Crippen LogP contribution in [-0.4, -0.2) is 6.10 Å². The van der Waals surface area contributed by atoms with Gasteiger partial charge < -0.3 is 4.74 Å². The molecule has 102 valence electrons. The first-order valence-electron chi connectivity index (χ1n) is 7.03. The van der Waals surface area contributed by atoms with Crippen LogP contribution in [0.5, 0.6) is 0 Å². The van der Waals surface area contributed by atoms with Gasteiger partial charge in [0.2, 0.25) is 0 Å². The zero-order chi connectivity index (χ0) is 13.7. The van der Waals surface area contributed by atoms with E-state index in [-0.39, 0.29) is 18.5 Å². The maximum Gasteiger partial charge on any atom is 0.128 e. The molecule has 0 heterocycles. The van der Waals surface area contributed by atoms with Crippen LogP contribution in [0, 0.1) is 23.1 Å². The topological polar surface area (TPSA) is 33.0 Å². The first-order valence-corrected chi connectivity index (χ1v) is 7.03. The van der Waals surface area contributed by atoms with Crippen molar-refractivity contribution in [2.24, 2.45) is 5.92 Å². The first kappa shape index (κ1) is 14.0. The first-order chi connectivity index (χ1) is 9.22. The summed E-state index contributed by atoms with van der Waals surface area (Å²) >= 11 is 0. The van der Waals surface area contributed by atoms with Crippen LogP contribution in [0.1, 0.15) is 50.2 Å². The lowest BCUT2D eigenvalue weighted by atomic mass is 9.85. The standard InChI is InChI=1S/C16H20FNO/c1-2-12-4-3-5-15(9-12)19-11-14-8-13(10-18)6-7-16(14)17/h6-8,12,15H,2-5,9,11H2,1H3. The summed E-state index contributed by atoms with van der Waals surface area (Å²) in [5.41, 5.74) is 0.966. The summed E-state index contributed by atoms with van der Waals surface area (Å²) in [6.07, 6.45) is 6.06. The summed E-state index contributed by atoms with van der Waals surface area (Å²) in [6, 6.07) is 6.44. The number of benzene rings is 1. The number of rotatable bonds is 4. The third-order valence-electron chi connectivity index (χ3n) is 3.96. The van der Waals surface area contributed by atoms with E-state index in [1.165, 1.54) is 31.4 Å². The van der Waals surface area contributed by atoms with E-state index in [1.54, 1.807) is 6.07 Å². The number of ether oxygens (including phenoxy) is 1. The van der Waals surface area contributed by atoms with Gasteiger partial charge in [-0.2, -0.15) is 5.26 Å². The summed E-state index contributed by atoms with van der Waals surface area (Å²) < 4.78 is 19.4. The van der Waals surface area contributed by atoms with Crippen LogP contribution in [0.25, 0.3) is 0 Å². The quantitative estimate of drug-likeness (QED) is 0.814. The highest BCUT2D eigenvalue weighted by Gasteiger charge is 2.21. The number of halogens is 1. The van der Waals surface area contributed by atoms with E-state index in [4.69, 9.17) is 10.00 Å². The monoisotopic (exact) mass is 261 g/mol. The minimum atomic E-state index is -0.290. The van der Waals surface area contributed by atoms with Crippen LogP contribution in [-0.2, 0) is 11.3 Å². The smallest absolute Gasteiger partial charge is 0.128 e. The molecule has 1 aromatic rings. The molecule has 0 bridgehead atoms. The Morgan fingerprint density at radius 3 is 3.00 bits per heavy atom. The molecular weight excluding hydrogens is 241 g/mol. The summed E-state index contributed by atoms with van der Waals surface area (Å²) in [5.74, 6) is 0.455. The van der Waals surface area contributed by atoms with Crippen molar-refractivity contribution in [3.8, 4) is 6.07 Å². The highest BCUT2D eigenvalue weighted by atomic mass is 19.1. The molecule has 0 amide bonds. The lowest BCUT2D eigenvalue weighted by Gasteiger charge is -2.28. The third-order valence-corrected chi connectivity index (χ3v) is 3.96. The molecular formula is C16H20FNO. The Morgan fingerprint density at radius 2 is 2.26 bits per heavy atom. The van der Waals surface area contributed by atoms with Crippen LogP contribution in [0.3, 0.4) is 0 Å². The van der Waals surface area contributed by atoms with Crippen LogP contribution in [0.15, 0.2) is 18.2 Å². The Bertz CT molecular complexity index is 466. The summed E-state index contributed by atoms with van der Waals surface area (Å²) in [6.45, 7) is 2.48. The van der Waals surface area contributed by atoms with E-state index in [9.17, 15) is 4.39 Å². The highest BCUT2D eigenvalue weighted by molar-refractivity contribution is 5.33. The zero-order valence-electron chi connectivity index (χ0n) is 11.4. The van der Waals surface area contributed by atoms with Gasteiger partial charge >= 0.3 is 0 Å². The van der Waals surface area contributed by atoms with Gasteiger partial charge in [-0.15, -0.1) is 0 Å². The van der Waals surface area contributed by atoms with Crippen molar-refractivity contribution in [3.05, 3.63) is 35.1 Å². The predicted octanol–water partition coefficient (Wildman–Crippen LogP) is 4.18. The van der Waals surface area contributed by atoms with Crippen molar-refractivity contribution >= 4 is 0 Å². The molecule has 3 heteroatoms. The molecule has 1 saturated carbocycles. The third kappa shape index (κ3) is 3.78. The van der Waals surface area contributed by atoms with Crippen LogP contribution in [0.4, 0.5) is 4.39 Å². The number of hydrogen-bond donors (Lipinski definition) is 0. The fourth-order valence-corrected chi connectivity index (χ4v) is 2.73.